The van der Waals surface area contributed by atoms with E-state index in [4.69, 9.17) is 64.9 Å². The number of nitrogens with zero attached hydrogens (tertiary/aromatic N) is 2. The van der Waals surface area contributed by atoms with Crippen molar-refractivity contribution in [1.29, 1.82) is 10.5 Å². The van der Waals surface area contributed by atoms with Crippen molar-refractivity contribution in [2.24, 2.45) is 5.73 Å². The molecule has 0 bridgehead atoms. The van der Waals surface area contributed by atoms with E-state index < -0.39 is 24.6 Å². The number of nitrogens with two attached hydrogens (primary N) is 3. The molecular weight excluding hydrogens is 949 g/mol. The molecule has 18 nitrogen and oxygen atoms in total. The number of alkyl carbamates (subject to hydrolysis) is 1. The normalized spacial score (nSPS) is 11.7. The van der Waals surface area contributed by atoms with Gasteiger partial charge in [0.25, 0.3) is 0 Å². The number of amides is 2. The molecule has 0 saturated carbocycles. The van der Waals surface area contributed by atoms with Gasteiger partial charge >= 0.3 is 6.09 Å². The van der Waals surface area contributed by atoms with Gasteiger partial charge in [0.2, 0.25) is 17.4 Å². The van der Waals surface area contributed by atoms with E-state index in [0.717, 1.165) is 33.4 Å². The van der Waals surface area contributed by atoms with Crippen LogP contribution in [0.3, 0.4) is 0 Å². The molecule has 74 heavy (non-hydrogen) atoms. The van der Waals surface area contributed by atoms with Gasteiger partial charge < -0.3 is 70.3 Å². The van der Waals surface area contributed by atoms with Crippen LogP contribution >= 0.6 is 0 Å². The van der Waals surface area contributed by atoms with E-state index in [0.29, 0.717) is 79.6 Å². The predicted octanol–water partition coefficient (Wildman–Crippen LogP) is 8.11. The van der Waals surface area contributed by atoms with Gasteiger partial charge in [0, 0.05) is 5.92 Å². The van der Waals surface area contributed by atoms with Crippen LogP contribution in [-0.2, 0) is 9.53 Å². The summed E-state index contributed by atoms with van der Waals surface area (Å²) in [5, 5.41) is 30.4. The van der Waals surface area contributed by atoms with E-state index in [1.807, 2.05) is 60.7 Å². The van der Waals surface area contributed by atoms with Gasteiger partial charge in [-0.15, -0.1) is 0 Å². The Labute approximate surface area is 429 Å². The molecule has 0 unspecified atom stereocenters. The summed E-state index contributed by atoms with van der Waals surface area (Å²) in [6.45, 7) is -0.434. The minimum atomic E-state index is -1.15. The molecule has 0 fully saturated rings. The van der Waals surface area contributed by atoms with Gasteiger partial charge in [-0.3, -0.25) is 4.79 Å². The molecule has 0 heterocycles. The zero-order valence-electron chi connectivity index (χ0n) is 42.2. The molecule has 0 radical (unpaired) electrons. The molecule has 6 aromatic rings. The van der Waals surface area contributed by atoms with Crippen LogP contribution in [0.5, 0.6) is 46.0 Å². The van der Waals surface area contributed by atoms with Crippen molar-refractivity contribution >= 4 is 46.7 Å². The Hall–Kier alpha value is -9.52. The number of nitrogen functional groups attached to an aromatic ring is 2. The molecule has 0 spiro atoms. The topological polar surface area (TPSA) is 275 Å². The van der Waals surface area contributed by atoms with E-state index in [1.165, 1.54) is 42.7 Å². The first-order valence-corrected chi connectivity index (χ1v) is 22.5. The number of aliphatic hydroxyl groups excluding tert-OH is 1. The average Bonchev–Trinajstić information content (AvgIpc) is 3.75. The Kier molecular flexibility index (Phi) is 19.9. The quantitative estimate of drug-likeness (QED) is 0.0328. The number of aliphatic hydroxyl groups is 1. The summed E-state index contributed by atoms with van der Waals surface area (Å²) >= 11 is 0. The Bertz CT molecular complexity index is 2870. The molecule has 8 N–H and O–H groups in total. The maximum atomic E-state index is 11.8. The van der Waals surface area contributed by atoms with Crippen molar-refractivity contribution in [2.75, 3.05) is 81.6 Å². The second-order valence-electron chi connectivity index (χ2n) is 15.8. The fourth-order valence-electron chi connectivity index (χ4n) is 7.84. The summed E-state index contributed by atoms with van der Waals surface area (Å²) < 4.78 is 47.5. The van der Waals surface area contributed by atoms with E-state index in [-0.39, 0.29) is 12.5 Å². The number of methoxy groups -OCH3 is 8. The molecule has 2 amide bonds. The molecular formula is C56H58N6O12. The van der Waals surface area contributed by atoms with Crippen LogP contribution in [0.2, 0.25) is 0 Å². The molecule has 0 saturated heterocycles. The maximum absolute atomic E-state index is 11.8. The van der Waals surface area contributed by atoms with Crippen LogP contribution in [0.25, 0.3) is 34.4 Å². The van der Waals surface area contributed by atoms with Crippen LogP contribution in [0, 0.1) is 22.7 Å². The Balaban J connectivity index is 0.000000206. The molecule has 0 aromatic heterocycles. The fourth-order valence-corrected chi connectivity index (χ4v) is 7.84. The number of ether oxygens (including phenoxy) is 9. The Morgan fingerprint density at radius 1 is 0.581 bits per heavy atom. The molecule has 6 aromatic carbocycles. The first-order chi connectivity index (χ1) is 35.8. The summed E-state index contributed by atoms with van der Waals surface area (Å²) in [5.41, 5.74) is 26.1. The number of nitriles is 2. The number of anilines is 2. The minimum Gasteiger partial charge on any atom is -0.495 e. The van der Waals surface area contributed by atoms with Crippen LogP contribution in [-0.4, -0.2) is 93.2 Å². The zero-order chi connectivity index (χ0) is 53.9. The Morgan fingerprint density at radius 2 is 0.959 bits per heavy atom. The van der Waals surface area contributed by atoms with Gasteiger partial charge in [-0.05, 0) is 105 Å². The highest BCUT2D eigenvalue weighted by Crippen LogP contribution is 2.45. The third kappa shape index (κ3) is 13.3. The zero-order valence-corrected chi connectivity index (χ0v) is 42.2. The highest BCUT2D eigenvalue weighted by Gasteiger charge is 2.29. The summed E-state index contributed by atoms with van der Waals surface area (Å²) in [6.07, 6.45) is 2.68. The molecule has 1 aliphatic rings. The lowest BCUT2D eigenvalue weighted by molar-refractivity contribution is -0.120. The number of hydrogen-bond acceptors (Lipinski definition) is 16. The van der Waals surface area contributed by atoms with Crippen molar-refractivity contribution in [3.05, 3.63) is 143 Å². The fraction of sp³-hybridized carbons (Fsp3) is 0.214. The number of benzene rings is 6. The van der Waals surface area contributed by atoms with Crippen molar-refractivity contribution in [2.45, 2.75) is 12.0 Å². The largest absolute Gasteiger partial charge is 0.495 e. The Morgan fingerprint density at radius 3 is 1.27 bits per heavy atom. The van der Waals surface area contributed by atoms with Gasteiger partial charge in [0.15, 0.2) is 23.0 Å². The molecule has 7 rings (SSSR count). The van der Waals surface area contributed by atoms with Gasteiger partial charge in [-0.2, -0.15) is 10.5 Å². The van der Waals surface area contributed by atoms with E-state index in [9.17, 15) is 20.1 Å². The highest BCUT2D eigenvalue weighted by molar-refractivity contribution is 5.92. The number of primary amides is 1. The lowest BCUT2D eigenvalue weighted by Gasteiger charge is -2.16. The first kappa shape index (κ1) is 55.4. The lowest BCUT2D eigenvalue weighted by Crippen LogP contribution is -2.47. The second kappa shape index (κ2) is 26.6. The predicted molar refractivity (Wildman–Crippen MR) is 282 cm³/mol. The van der Waals surface area contributed by atoms with Crippen molar-refractivity contribution in [3.63, 3.8) is 0 Å². The molecule has 1 aliphatic carbocycles. The summed E-state index contributed by atoms with van der Waals surface area (Å²) in [7, 11) is 12.3. The third-order valence-corrected chi connectivity index (χ3v) is 11.5. The second-order valence-corrected chi connectivity index (χ2v) is 15.8. The third-order valence-electron chi connectivity index (χ3n) is 11.5. The van der Waals surface area contributed by atoms with E-state index in [2.05, 4.69) is 17.5 Å². The standard InChI is InChI=1S/2C19H20N2O4.C18H18N2O4/c2*1-22-16-6-5-12(8-15(16)21)7-14(11-20)13-9-17(23-2)19(25-4)18(10-13)24-3;19-17(22)16(9-21)20-18(23)24-10-15-13-7-3-1-5-11(13)12-6-2-4-8-14(12)15/h2*5-10H,21H2,1-4H3;1-8,15-16,21H,9-10H2,(H2,19,22)(H,20,23)/b2*14-7-;/t;;16-/m..0/s1. The smallest absolute Gasteiger partial charge is 0.407 e. The number of hydrogen-bond donors (Lipinski definition) is 5. The van der Waals surface area contributed by atoms with Crippen molar-refractivity contribution < 1.29 is 57.3 Å². The van der Waals surface area contributed by atoms with Crippen molar-refractivity contribution in [1.82, 2.24) is 5.32 Å². The van der Waals surface area contributed by atoms with Crippen LogP contribution in [0.4, 0.5) is 16.2 Å². The summed E-state index contributed by atoms with van der Waals surface area (Å²) in [5.74, 6) is 3.15. The number of carbonyl (C=O) groups is 2. The summed E-state index contributed by atoms with van der Waals surface area (Å²) in [6, 6.07) is 36.8. The number of fused-ring (bicyclic) bond motifs is 3. The van der Waals surface area contributed by atoms with Gasteiger partial charge in [0.05, 0.1) is 98.1 Å². The molecule has 0 aliphatic heterocycles. The van der Waals surface area contributed by atoms with Crippen molar-refractivity contribution in [3.8, 4) is 69.3 Å². The van der Waals surface area contributed by atoms with E-state index >= 15 is 0 Å². The number of rotatable bonds is 17. The first-order valence-electron chi connectivity index (χ1n) is 22.5. The highest BCUT2D eigenvalue weighted by atomic mass is 16.6. The molecule has 384 valence electrons. The van der Waals surface area contributed by atoms with E-state index in [1.54, 1.807) is 74.9 Å². The molecule has 1 atom stereocenters. The van der Waals surface area contributed by atoms with Crippen LogP contribution in [0.1, 0.15) is 39.3 Å². The minimum absolute atomic E-state index is 0.0655. The van der Waals surface area contributed by atoms with Crippen LogP contribution in [0.15, 0.2) is 109 Å². The summed E-state index contributed by atoms with van der Waals surface area (Å²) in [4.78, 5) is 22.9. The number of carbonyl (C=O) groups excluding carboxylic acids is 2. The number of allylic oxidation sites excluding steroid dienone is 2. The monoisotopic (exact) mass is 1010 g/mol. The SMILES string of the molecule is COc1ccc(/C=C(/C#N)c2cc(OC)c(OC)c(OC)c2)cc1N.COc1ccc(/C=C(/C#N)c2cc(OC)c(OC)c(OC)c2)cc1N.NC(=O)[C@H](CO)NC(=O)OCC1c2ccccc2-c2ccccc21. The molecule has 18 heteroatoms. The van der Waals surface area contributed by atoms with Crippen LogP contribution < -0.4 is 60.4 Å². The van der Waals surface area contributed by atoms with Gasteiger partial charge in [0.1, 0.15) is 24.1 Å². The maximum Gasteiger partial charge on any atom is 0.407 e. The van der Waals surface area contributed by atoms with Gasteiger partial charge in [-0.25, -0.2) is 4.79 Å². The average molecular weight is 1010 g/mol. The van der Waals surface area contributed by atoms with Gasteiger partial charge in [-0.1, -0.05) is 60.7 Å². The lowest BCUT2D eigenvalue weighted by atomic mass is 9.98. The number of nitrogens with one attached hydrogen (secondary N) is 1.